The minimum absolute atomic E-state index is 0.0980. The summed E-state index contributed by atoms with van der Waals surface area (Å²) < 4.78 is 6.41. The molecule has 5 nitrogen and oxygen atoms in total. The van der Waals surface area contributed by atoms with Crippen molar-refractivity contribution < 1.29 is 9.94 Å². The van der Waals surface area contributed by atoms with Crippen molar-refractivity contribution in [3.8, 4) is 0 Å². The van der Waals surface area contributed by atoms with Gasteiger partial charge in [0.1, 0.15) is 0 Å². The average molecular weight is 328 g/mol. The second-order valence-corrected chi connectivity index (χ2v) is 5.52. The summed E-state index contributed by atoms with van der Waals surface area (Å²) in [6.45, 7) is 2.83. The van der Waals surface area contributed by atoms with Gasteiger partial charge in [0.25, 0.3) is 0 Å². The first kappa shape index (κ1) is 14.1. The maximum Gasteiger partial charge on any atom is 0.173 e. The lowest BCUT2D eigenvalue weighted by atomic mass is 10.1. The zero-order valence-electron chi connectivity index (χ0n) is 11.0. The Morgan fingerprint density at radius 2 is 2.32 bits per heavy atom. The Labute approximate surface area is 121 Å². The minimum atomic E-state index is 0.0980. The van der Waals surface area contributed by atoms with Gasteiger partial charge in [-0.3, -0.25) is 0 Å². The molecule has 2 atom stereocenters. The number of nitrogens with two attached hydrogens (primary N) is 1. The van der Waals surface area contributed by atoms with Crippen molar-refractivity contribution in [1.29, 1.82) is 0 Å². The summed E-state index contributed by atoms with van der Waals surface area (Å²) >= 11 is 3.45. The Balaban J connectivity index is 2.41. The van der Waals surface area contributed by atoms with E-state index >= 15 is 0 Å². The zero-order chi connectivity index (χ0) is 14.0. The average Bonchev–Trinajstić information content (AvgIpc) is 2.83. The van der Waals surface area contributed by atoms with Gasteiger partial charge in [0.2, 0.25) is 0 Å². The van der Waals surface area contributed by atoms with E-state index in [-0.39, 0.29) is 11.9 Å². The van der Waals surface area contributed by atoms with Gasteiger partial charge in [0.15, 0.2) is 5.84 Å². The molecule has 0 bridgehead atoms. The van der Waals surface area contributed by atoms with Gasteiger partial charge in [0.05, 0.1) is 17.7 Å². The third-order valence-electron chi connectivity index (χ3n) is 3.57. The first-order valence-electron chi connectivity index (χ1n) is 6.17. The molecule has 104 valence electrons. The number of amidine groups is 1. The lowest BCUT2D eigenvalue weighted by Gasteiger charge is -2.30. The fourth-order valence-corrected chi connectivity index (χ4v) is 3.08. The van der Waals surface area contributed by atoms with Crippen LogP contribution in [0, 0.1) is 0 Å². The number of rotatable bonds is 3. The van der Waals surface area contributed by atoms with Crippen LogP contribution in [0.5, 0.6) is 0 Å². The van der Waals surface area contributed by atoms with Crippen LogP contribution >= 0.6 is 15.9 Å². The highest BCUT2D eigenvalue weighted by atomic mass is 79.9. The Bertz CT molecular complexity index is 493. The highest BCUT2D eigenvalue weighted by Crippen LogP contribution is 2.31. The molecule has 0 saturated carbocycles. The van der Waals surface area contributed by atoms with Crippen LogP contribution in [0.3, 0.4) is 0 Å². The van der Waals surface area contributed by atoms with E-state index in [1.807, 2.05) is 25.2 Å². The molecule has 6 heteroatoms. The van der Waals surface area contributed by atoms with Crippen molar-refractivity contribution in [2.75, 3.05) is 18.6 Å². The third-order valence-corrected chi connectivity index (χ3v) is 4.23. The lowest BCUT2D eigenvalue weighted by Crippen LogP contribution is -2.38. The van der Waals surface area contributed by atoms with Crippen molar-refractivity contribution in [2.24, 2.45) is 10.9 Å². The van der Waals surface area contributed by atoms with Gasteiger partial charge in [-0.1, -0.05) is 11.2 Å². The molecule has 1 heterocycles. The number of ether oxygens (including phenoxy) is 1. The van der Waals surface area contributed by atoms with Crippen LogP contribution in [0.25, 0.3) is 0 Å². The maximum absolute atomic E-state index is 8.94. The van der Waals surface area contributed by atoms with Crippen molar-refractivity contribution in [1.82, 2.24) is 0 Å². The van der Waals surface area contributed by atoms with Gasteiger partial charge >= 0.3 is 0 Å². The number of likely N-dealkylation sites (N-methyl/N-ethyl adjacent to an activating group) is 1. The number of nitrogens with zero attached hydrogens (tertiary/aromatic N) is 2. The molecule has 1 fully saturated rings. The van der Waals surface area contributed by atoms with Crippen molar-refractivity contribution >= 4 is 27.5 Å². The molecule has 0 aromatic heterocycles. The van der Waals surface area contributed by atoms with Gasteiger partial charge in [-0.05, 0) is 41.4 Å². The first-order valence-corrected chi connectivity index (χ1v) is 6.96. The second-order valence-electron chi connectivity index (χ2n) is 4.66. The van der Waals surface area contributed by atoms with Crippen LogP contribution in [0.4, 0.5) is 5.69 Å². The van der Waals surface area contributed by atoms with Gasteiger partial charge in [-0.25, -0.2) is 0 Å². The molecular formula is C13H18BrN3O2. The number of halogens is 1. The van der Waals surface area contributed by atoms with Crippen molar-refractivity contribution in [2.45, 2.75) is 25.5 Å². The molecule has 1 saturated heterocycles. The van der Waals surface area contributed by atoms with E-state index in [1.54, 1.807) is 0 Å². The fraction of sp³-hybridized carbons (Fsp3) is 0.462. The molecule has 1 aliphatic rings. The van der Waals surface area contributed by atoms with Gasteiger partial charge in [-0.15, -0.1) is 0 Å². The van der Waals surface area contributed by atoms with E-state index in [4.69, 9.17) is 15.7 Å². The highest BCUT2D eigenvalue weighted by Gasteiger charge is 2.29. The normalized spacial score (nSPS) is 23.6. The molecule has 1 aliphatic heterocycles. The number of hydrogen-bond donors (Lipinski definition) is 2. The highest BCUT2D eigenvalue weighted by molar-refractivity contribution is 9.10. The summed E-state index contributed by atoms with van der Waals surface area (Å²) in [6.07, 6.45) is 1.14. The molecule has 2 rings (SSSR count). The summed E-state index contributed by atoms with van der Waals surface area (Å²) in [5.41, 5.74) is 7.40. The number of oxime groups is 1. The number of benzene rings is 1. The van der Waals surface area contributed by atoms with E-state index in [2.05, 4.69) is 32.9 Å². The molecule has 0 radical (unpaired) electrons. The third kappa shape index (κ3) is 2.69. The van der Waals surface area contributed by atoms with Gasteiger partial charge < -0.3 is 20.6 Å². The van der Waals surface area contributed by atoms with Crippen LogP contribution in [0.15, 0.2) is 27.8 Å². The lowest BCUT2D eigenvalue weighted by molar-refractivity contribution is 0.118. The molecule has 2 unspecified atom stereocenters. The molecule has 0 aliphatic carbocycles. The monoisotopic (exact) mass is 327 g/mol. The standard InChI is InChI=1S/C13H18BrN3O2/c1-8-10(6-7-19-8)17(2)11-5-3-4-9(14)12(11)13(15)16-18/h3-5,8,10,18H,6-7H2,1-2H3,(H2,15,16). The predicted molar refractivity (Wildman–Crippen MR) is 78.9 cm³/mol. The summed E-state index contributed by atoms with van der Waals surface area (Å²) in [5.74, 6) is 0.0980. The molecular weight excluding hydrogens is 310 g/mol. The molecule has 0 spiro atoms. The predicted octanol–water partition coefficient (Wildman–Crippen LogP) is 2.16. The quantitative estimate of drug-likeness (QED) is 0.386. The molecule has 1 aromatic rings. The molecule has 1 aromatic carbocycles. The van der Waals surface area contributed by atoms with Crippen LogP contribution in [-0.2, 0) is 4.74 Å². The Hall–Kier alpha value is -1.27. The fourth-order valence-electron chi connectivity index (χ4n) is 2.52. The minimum Gasteiger partial charge on any atom is -0.409 e. The Morgan fingerprint density at radius 3 is 2.89 bits per heavy atom. The number of anilines is 1. The smallest absolute Gasteiger partial charge is 0.173 e. The molecule has 19 heavy (non-hydrogen) atoms. The first-order chi connectivity index (χ1) is 9.06. The van der Waals surface area contributed by atoms with E-state index in [1.165, 1.54) is 0 Å². The summed E-state index contributed by atoms with van der Waals surface area (Å²) in [7, 11) is 2.01. The Morgan fingerprint density at radius 1 is 1.58 bits per heavy atom. The van der Waals surface area contributed by atoms with E-state index < -0.39 is 0 Å². The largest absolute Gasteiger partial charge is 0.409 e. The molecule has 0 amide bonds. The van der Waals surface area contributed by atoms with Crippen molar-refractivity contribution in [3.63, 3.8) is 0 Å². The zero-order valence-corrected chi connectivity index (χ0v) is 12.6. The van der Waals surface area contributed by atoms with Crippen LogP contribution < -0.4 is 10.6 Å². The van der Waals surface area contributed by atoms with Gasteiger partial charge in [-0.2, -0.15) is 0 Å². The number of hydrogen-bond acceptors (Lipinski definition) is 4. The maximum atomic E-state index is 8.94. The van der Waals surface area contributed by atoms with Crippen molar-refractivity contribution in [3.05, 3.63) is 28.2 Å². The summed E-state index contributed by atoms with van der Waals surface area (Å²) in [6, 6.07) is 6.06. The Kier molecular flexibility index (Phi) is 4.31. The summed E-state index contributed by atoms with van der Waals surface area (Å²) in [5, 5.41) is 12.0. The SMILES string of the molecule is CC1OCCC1N(C)c1cccc(Br)c1/C(N)=N/O. The van der Waals surface area contributed by atoms with E-state index in [0.29, 0.717) is 11.6 Å². The molecule has 3 N–H and O–H groups in total. The van der Waals surface area contributed by atoms with Crippen LogP contribution in [0.1, 0.15) is 18.9 Å². The second kappa shape index (κ2) is 5.79. The van der Waals surface area contributed by atoms with E-state index in [0.717, 1.165) is 23.2 Å². The van der Waals surface area contributed by atoms with Crippen LogP contribution in [0.2, 0.25) is 0 Å². The summed E-state index contributed by atoms with van der Waals surface area (Å²) in [4.78, 5) is 2.13. The van der Waals surface area contributed by atoms with Gasteiger partial charge in [0, 0.05) is 23.8 Å². The topological polar surface area (TPSA) is 71.1 Å². The van der Waals surface area contributed by atoms with Crippen LogP contribution in [-0.4, -0.2) is 36.8 Å². The van der Waals surface area contributed by atoms with E-state index in [9.17, 15) is 0 Å².